The predicted octanol–water partition coefficient (Wildman–Crippen LogP) is 1.58. The highest BCUT2D eigenvalue weighted by Gasteiger charge is 2.15. The van der Waals surface area contributed by atoms with Crippen LogP contribution in [0.5, 0.6) is 0 Å². The summed E-state index contributed by atoms with van der Waals surface area (Å²) < 4.78 is 6.14. The van der Waals surface area contributed by atoms with Crippen molar-refractivity contribution in [1.82, 2.24) is 19.6 Å². The Balaban J connectivity index is 2.21. The smallest absolute Gasteiger partial charge is 0.378 e. The van der Waals surface area contributed by atoms with E-state index >= 15 is 0 Å². The highest BCUT2D eigenvalue weighted by atomic mass is 16.5. The van der Waals surface area contributed by atoms with Gasteiger partial charge in [0.05, 0.1) is 12.8 Å². The standard InChI is InChI=1S/C13H10N4O2/c1-19-12(18)11-15-13-14-8-7-10(17(13)16-11)9-5-3-2-4-6-9/h2-8H,1H3. The van der Waals surface area contributed by atoms with Crippen LogP contribution in [0.3, 0.4) is 0 Å². The molecule has 2 aromatic heterocycles. The van der Waals surface area contributed by atoms with Gasteiger partial charge in [-0.3, -0.25) is 0 Å². The molecule has 3 aromatic rings. The van der Waals surface area contributed by atoms with E-state index in [9.17, 15) is 4.79 Å². The van der Waals surface area contributed by atoms with Gasteiger partial charge in [-0.05, 0) is 6.07 Å². The van der Waals surface area contributed by atoms with E-state index < -0.39 is 5.97 Å². The van der Waals surface area contributed by atoms with Gasteiger partial charge in [-0.25, -0.2) is 9.78 Å². The SMILES string of the molecule is COC(=O)c1nc2nccc(-c3ccccc3)n2n1. The third-order valence-electron chi connectivity index (χ3n) is 2.68. The summed E-state index contributed by atoms with van der Waals surface area (Å²) in [5.41, 5.74) is 1.78. The average molecular weight is 254 g/mol. The molecule has 0 N–H and O–H groups in total. The normalized spacial score (nSPS) is 10.6. The Bertz CT molecular complexity index is 737. The molecular weight excluding hydrogens is 244 g/mol. The molecule has 0 bridgehead atoms. The van der Waals surface area contributed by atoms with Crippen molar-refractivity contribution >= 4 is 11.7 Å². The van der Waals surface area contributed by atoms with E-state index in [0.29, 0.717) is 5.78 Å². The number of carbonyl (C=O) groups excluding carboxylic acids is 1. The Kier molecular flexibility index (Phi) is 2.68. The third-order valence-corrected chi connectivity index (χ3v) is 2.68. The largest absolute Gasteiger partial charge is 0.463 e. The summed E-state index contributed by atoms with van der Waals surface area (Å²) in [5, 5.41) is 4.13. The number of methoxy groups -OCH3 is 1. The van der Waals surface area contributed by atoms with Gasteiger partial charge >= 0.3 is 5.97 Å². The molecule has 19 heavy (non-hydrogen) atoms. The second-order valence-electron chi connectivity index (χ2n) is 3.83. The maximum Gasteiger partial charge on any atom is 0.378 e. The molecule has 3 rings (SSSR count). The summed E-state index contributed by atoms with van der Waals surface area (Å²) in [6, 6.07) is 11.5. The first-order chi connectivity index (χ1) is 9.29. The van der Waals surface area contributed by atoms with E-state index in [2.05, 4.69) is 19.8 Å². The molecule has 0 aliphatic heterocycles. The van der Waals surface area contributed by atoms with Gasteiger partial charge in [-0.2, -0.15) is 9.50 Å². The quantitative estimate of drug-likeness (QED) is 0.649. The molecule has 0 unspecified atom stereocenters. The molecule has 0 aliphatic carbocycles. The van der Waals surface area contributed by atoms with Crippen LogP contribution in [0.15, 0.2) is 42.6 Å². The van der Waals surface area contributed by atoms with Gasteiger partial charge < -0.3 is 4.74 Å². The zero-order chi connectivity index (χ0) is 13.2. The Morgan fingerprint density at radius 1 is 1.21 bits per heavy atom. The minimum absolute atomic E-state index is 0.00150. The lowest BCUT2D eigenvalue weighted by Crippen LogP contribution is -2.04. The molecule has 0 spiro atoms. The van der Waals surface area contributed by atoms with Crippen molar-refractivity contribution in [2.75, 3.05) is 7.11 Å². The van der Waals surface area contributed by atoms with Crippen molar-refractivity contribution in [3.63, 3.8) is 0 Å². The molecule has 0 atom stereocenters. The molecular formula is C13H10N4O2. The van der Waals surface area contributed by atoms with Crippen molar-refractivity contribution in [3.8, 4) is 11.3 Å². The van der Waals surface area contributed by atoms with Gasteiger partial charge in [0.1, 0.15) is 0 Å². The van der Waals surface area contributed by atoms with E-state index in [1.54, 1.807) is 6.20 Å². The van der Waals surface area contributed by atoms with Crippen molar-refractivity contribution in [1.29, 1.82) is 0 Å². The van der Waals surface area contributed by atoms with Gasteiger partial charge in [-0.15, -0.1) is 5.10 Å². The fraction of sp³-hybridized carbons (Fsp3) is 0.0769. The fourth-order valence-corrected chi connectivity index (χ4v) is 1.80. The van der Waals surface area contributed by atoms with E-state index in [0.717, 1.165) is 11.3 Å². The molecule has 1 aromatic carbocycles. The summed E-state index contributed by atoms with van der Waals surface area (Å²) in [7, 11) is 1.29. The van der Waals surface area contributed by atoms with E-state index in [1.807, 2.05) is 36.4 Å². The number of carbonyl (C=O) groups is 1. The van der Waals surface area contributed by atoms with E-state index in [1.165, 1.54) is 11.6 Å². The van der Waals surface area contributed by atoms with Crippen molar-refractivity contribution in [3.05, 3.63) is 48.4 Å². The molecule has 0 aliphatic rings. The maximum absolute atomic E-state index is 11.4. The zero-order valence-electron chi connectivity index (χ0n) is 10.1. The first-order valence-corrected chi connectivity index (χ1v) is 5.65. The number of nitrogens with zero attached hydrogens (tertiary/aromatic N) is 4. The maximum atomic E-state index is 11.4. The summed E-state index contributed by atoms with van der Waals surface area (Å²) >= 11 is 0. The third kappa shape index (κ3) is 1.93. The fourth-order valence-electron chi connectivity index (χ4n) is 1.80. The van der Waals surface area contributed by atoms with Crippen LogP contribution in [0.25, 0.3) is 17.0 Å². The van der Waals surface area contributed by atoms with Crippen LogP contribution in [0.4, 0.5) is 0 Å². The Labute approximate surface area is 108 Å². The second kappa shape index (κ2) is 4.49. The van der Waals surface area contributed by atoms with Crippen LogP contribution in [0, 0.1) is 0 Å². The molecule has 0 fully saturated rings. The molecule has 0 radical (unpaired) electrons. The van der Waals surface area contributed by atoms with Crippen LogP contribution in [-0.4, -0.2) is 32.7 Å². The molecule has 0 saturated heterocycles. The molecule has 2 heterocycles. The molecule has 6 heteroatoms. The number of hydrogen-bond donors (Lipinski definition) is 0. The van der Waals surface area contributed by atoms with Crippen molar-refractivity contribution in [2.24, 2.45) is 0 Å². The lowest BCUT2D eigenvalue weighted by Gasteiger charge is -2.02. The predicted molar refractivity (Wildman–Crippen MR) is 67.6 cm³/mol. The van der Waals surface area contributed by atoms with Crippen LogP contribution in [-0.2, 0) is 4.74 Å². The minimum Gasteiger partial charge on any atom is -0.463 e. The van der Waals surface area contributed by atoms with Crippen LogP contribution in [0.1, 0.15) is 10.6 Å². The minimum atomic E-state index is -0.579. The first-order valence-electron chi connectivity index (χ1n) is 5.65. The number of rotatable bonds is 2. The highest BCUT2D eigenvalue weighted by molar-refractivity contribution is 5.85. The highest BCUT2D eigenvalue weighted by Crippen LogP contribution is 2.18. The number of esters is 1. The van der Waals surface area contributed by atoms with Crippen LogP contribution in [0.2, 0.25) is 0 Å². The second-order valence-corrected chi connectivity index (χ2v) is 3.83. The lowest BCUT2D eigenvalue weighted by atomic mass is 10.1. The molecule has 94 valence electrons. The van der Waals surface area contributed by atoms with E-state index in [4.69, 9.17) is 0 Å². The molecule has 0 saturated carbocycles. The van der Waals surface area contributed by atoms with E-state index in [-0.39, 0.29) is 5.82 Å². The summed E-state index contributed by atoms with van der Waals surface area (Å²) in [6.45, 7) is 0. The number of ether oxygens (including phenoxy) is 1. The van der Waals surface area contributed by atoms with Gasteiger partial charge in [0.25, 0.3) is 11.6 Å². The van der Waals surface area contributed by atoms with Gasteiger partial charge in [0, 0.05) is 11.8 Å². The number of fused-ring (bicyclic) bond motifs is 1. The van der Waals surface area contributed by atoms with Crippen molar-refractivity contribution < 1.29 is 9.53 Å². The van der Waals surface area contributed by atoms with Crippen LogP contribution >= 0.6 is 0 Å². The van der Waals surface area contributed by atoms with Gasteiger partial charge in [-0.1, -0.05) is 30.3 Å². The lowest BCUT2D eigenvalue weighted by molar-refractivity contribution is 0.0587. The number of hydrogen-bond acceptors (Lipinski definition) is 5. The zero-order valence-corrected chi connectivity index (χ0v) is 10.1. The Morgan fingerprint density at radius 3 is 2.74 bits per heavy atom. The topological polar surface area (TPSA) is 69.4 Å². The summed E-state index contributed by atoms with van der Waals surface area (Å²) in [6.07, 6.45) is 1.63. The van der Waals surface area contributed by atoms with Crippen LogP contribution < -0.4 is 0 Å². The molecule has 0 amide bonds. The van der Waals surface area contributed by atoms with Gasteiger partial charge in [0.2, 0.25) is 0 Å². The Hall–Kier alpha value is -2.76. The number of benzene rings is 1. The van der Waals surface area contributed by atoms with Crippen molar-refractivity contribution in [2.45, 2.75) is 0 Å². The van der Waals surface area contributed by atoms with Gasteiger partial charge in [0.15, 0.2) is 0 Å². The Morgan fingerprint density at radius 2 is 2.00 bits per heavy atom. The summed E-state index contributed by atoms with van der Waals surface area (Å²) in [5.74, 6) is -0.218. The number of aromatic nitrogens is 4. The summed E-state index contributed by atoms with van der Waals surface area (Å²) in [4.78, 5) is 19.6. The molecule has 6 nitrogen and oxygen atoms in total. The average Bonchev–Trinajstić information content (AvgIpc) is 2.91. The first kappa shape index (κ1) is 11.3. The monoisotopic (exact) mass is 254 g/mol.